The molecule has 0 unspecified atom stereocenters. The average Bonchev–Trinajstić information content (AvgIpc) is 2.28. The van der Waals surface area contributed by atoms with Gasteiger partial charge in [-0.15, -0.1) is 0 Å². The molecule has 6 nitrogen and oxygen atoms in total. The average molecular weight is 245 g/mol. The number of anilines is 1. The lowest BCUT2D eigenvalue weighted by molar-refractivity contribution is 0.944. The van der Waals surface area contributed by atoms with Crippen LogP contribution in [0.4, 0.5) is 5.82 Å². The maximum Gasteiger partial charge on any atom is 0.253 e. The van der Waals surface area contributed by atoms with Crippen molar-refractivity contribution < 1.29 is 0 Å². The molecule has 2 aromatic rings. The zero-order valence-corrected chi connectivity index (χ0v) is 9.36. The van der Waals surface area contributed by atoms with Gasteiger partial charge in [-0.2, -0.15) is 5.26 Å². The normalized spacial score (nSPS) is 9.82. The molecule has 0 atom stereocenters. The summed E-state index contributed by atoms with van der Waals surface area (Å²) in [5.41, 5.74) is 5.49. The number of nitrogens with one attached hydrogen (secondary N) is 1. The van der Waals surface area contributed by atoms with E-state index in [1.54, 1.807) is 12.1 Å². The highest BCUT2D eigenvalue weighted by Gasteiger charge is 2.02. The molecule has 0 radical (unpaired) electrons. The predicted octanol–water partition coefficient (Wildman–Crippen LogP) is 0.770. The first-order chi connectivity index (χ1) is 8.17. The van der Waals surface area contributed by atoms with Crippen molar-refractivity contribution in [2.45, 2.75) is 10.1 Å². The third kappa shape index (κ3) is 2.83. The lowest BCUT2D eigenvalue weighted by Crippen LogP contribution is -2.09. The summed E-state index contributed by atoms with van der Waals surface area (Å²) in [6, 6.07) is 6.44. The zero-order chi connectivity index (χ0) is 12.3. The molecule has 0 aromatic carbocycles. The fourth-order valence-corrected chi connectivity index (χ4v) is 1.89. The zero-order valence-electron chi connectivity index (χ0n) is 8.54. The molecule has 84 valence electrons. The molecule has 0 aliphatic rings. The van der Waals surface area contributed by atoms with E-state index in [1.807, 2.05) is 6.07 Å². The number of H-pyrrole nitrogens is 1. The van der Waals surface area contributed by atoms with Gasteiger partial charge in [0.05, 0.1) is 0 Å². The molecule has 2 rings (SSSR count). The number of nitrogen functional groups attached to an aromatic ring is 1. The van der Waals surface area contributed by atoms with E-state index in [-0.39, 0.29) is 11.4 Å². The summed E-state index contributed by atoms with van der Waals surface area (Å²) in [7, 11) is 0. The van der Waals surface area contributed by atoms with Crippen LogP contribution in [0.15, 0.2) is 39.2 Å². The number of nitriles is 1. The third-order valence-corrected chi connectivity index (χ3v) is 2.67. The summed E-state index contributed by atoms with van der Waals surface area (Å²) in [4.78, 5) is 22.3. The lowest BCUT2D eigenvalue weighted by Gasteiger charge is -2.00. The van der Waals surface area contributed by atoms with Gasteiger partial charge < -0.3 is 10.7 Å². The smallest absolute Gasteiger partial charge is 0.253 e. The molecule has 0 saturated heterocycles. The minimum absolute atomic E-state index is 0.165. The summed E-state index contributed by atoms with van der Waals surface area (Å²) in [6.45, 7) is 0. The maximum atomic E-state index is 11.2. The van der Waals surface area contributed by atoms with Crippen molar-refractivity contribution >= 4 is 17.6 Å². The second-order valence-electron chi connectivity index (χ2n) is 3.07. The summed E-state index contributed by atoms with van der Waals surface area (Å²) >= 11 is 1.22. The fourth-order valence-electron chi connectivity index (χ4n) is 1.12. The molecule has 0 spiro atoms. The van der Waals surface area contributed by atoms with Crippen molar-refractivity contribution in [1.82, 2.24) is 15.0 Å². The molecule has 0 aliphatic heterocycles. The van der Waals surface area contributed by atoms with Crippen LogP contribution in [-0.4, -0.2) is 15.0 Å². The molecule has 2 heterocycles. The van der Waals surface area contributed by atoms with Gasteiger partial charge in [0.15, 0.2) is 5.16 Å². The number of aromatic amines is 1. The van der Waals surface area contributed by atoms with Crippen LogP contribution >= 0.6 is 11.8 Å². The summed E-state index contributed by atoms with van der Waals surface area (Å²) < 4.78 is 0. The quantitative estimate of drug-likeness (QED) is 0.756. The number of rotatable bonds is 2. The lowest BCUT2D eigenvalue weighted by atomic mass is 10.4. The Morgan fingerprint density at radius 2 is 2.29 bits per heavy atom. The van der Waals surface area contributed by atoms with Crippen LogP contribution in [0.25, 0.3) is 0 Å². The second kappa shape index (κ2) is 4.67. The van der Waals surface area contributed by atoms with Gasteiger partial charge in [-0.3, -0.25) is 4.79 Å². The Bertz CT molecular complexity index is 628. The van der Waals surface area contributed by atoms with E-state index in [1.165, 1.54) is 24.0 Å². The number of aromatic nitrogens is 3. The molecule has 0 amide bonds. The Labute approximate surface area is 101 Å². The van der Waals surface area contributed by atoms with E-state index >= 15 is 0 Å². The van der Waals surface area contributed by atoms with Crippen LogP contribution in [0.2, 0.25) is 0 Å². The summed E-state index contributed by atoms with van der Waals surface area (Å²) in [6.07, 6.45) is 1.53. The van der Waals surface area contributed by atoms with Crippen LogP contribution in [0.5, 0.6) is 0 Å². The van der Waals surface area contributed by atoms with Crippen molar-refractivity contribution in [2.24, 2.45) is 0 Å². The number of hydrogen-bond acceptors (Lipinski definition) is 6. The number of hydrogen-bond donors (Lipinski definition) is 2. The van der Waals surface area contributed by atoms with Crippen LogP contribution in [-0.2, 0) is 0 Å². The van der Waals surface area contributed by atoms with Gasteiger partial charge in [-0.25, -0.2) is 9.97 Å². The molecule has 2 aromatic heterocycles. The van der Waals surface area contributed by atoms with Gasteiger partial charge in [0.1, 0.15) is 17.6 Å². The third-order valence-electron chi connectivity index (χ3n) is 1.81. The van der Waals surface area contributed by atoms with Gasteiger partial charge in [0.25, 0.3) is 5.56 Å². The SMILES string of the molecule is N#Cc1ccc(Sc2nc(N)cc(=O)[nH]2)cn1. The van der Waals surface area contributed by atoms with E-state index in [2.05, 4.69) is 15.0 Å². The first-order valence-corrected chi connectivity index (χ1v) is 5.40. The van der Waals surface area contributed by atoms with Crippen LogP contribution in [0.1, 0.15) is 5.69 Å². The van der Waals surface area contributed by atoms with Crippen LogP contribution in [0, 0.1) is 11.3 Å². The van der Waals surface area contributed by atoms with Gasteiger partial charge in [0.2, 0.25) is 0 Å². The highest BCUT2D eigenvalue weighted by atomic mass is 32.2. The van der Waals surface area contributed by atoms with Crippen molar-refractivity contribution in [3.8, 4) is 6.07 Å². The number of nitrogens with two attached hydrogens (primary N) is 1. The van der Waals surface area contributed by atoms with Gasteiger partial charge in [-0.05, 0) is 12.1 Å². The van der Waals surface area contributed by atoms with Crippen molar-refractivity contribution in [1.29, 1.82) is 5.26 Å². The molecular weight excluding hydrogens is 238 g/mol. The van der Waals surface area contributed by atoms with Crippen LogP contribution < -0.4 is 11.3 Å². The van der Waals surface area contributed by atoms with E-state index in [9.17, 15) is 4.79 Å². The molecular formula is C10H7N5OS. The first kappa shape index (κ1) is 11.2. The monoisotopic (exact) mass is 245 g/mol. The Balaban J connectivity index is 2.25. The topological polar surface area (TPSA) is 108 Å². The molecule has 3 N–H and O–H groups in total. The van der Waals surface area contributed by atoms with E-state index < -0.39 is 0 Å². The molecule has 0 fully saturated rings. The molecule has 17 heavy (non-hydrogen) atoms. The van der Waals surface area contributed by atoms with Gasteiger partial charge in [0, 0.05) is 17.2 Å². The van der Waals surface area contributed by atoms with E-state index in [4.69, 9.17) is 11.0 Å². The predicted molar refractivity (Wildman–Crippen MR) is 62.3 cm³/mol. The Hall–Kier alpha value is -2.33. The van der Waals surface area contributed by atoms with Gasteiger partial charge >= 0.3 is 0 Å². The van der Waals surface area contributed by atoms with Crippen LogP contribution in [0.3, 0.4) is 0 Å². The molecule has 0 saturated carbocycles. The standard InChI is InChI=1S/C10H7N5OS/c11-4-6-1-2-7(5-13-6)17-10-14-8(12)3-9(16)15-10/h1-3,5H,(H3,12,14,15,16). The second-order valence-corrected chi connectivity index (χ2v) is 4.13. The first-order valence-electron chi connectivity index (χ1n) is 4.58. The highest BCUT2D eigenvalue weighted by Crippen LogP contribution is 2.23. The fraction of sp³-hybridized carbons (Fsp3) is 0. The number of nitrogens with zero attached hydrogens (tertiary/aromatic N) is 3. The van der Waals surface area contributed by atoms with Crippen molar-refractivity contribution in [3.63, 3.8) is 0 Å². The Morgan fingerprint density at radius 1 is 1.47 bits per heavy atom. The highest BCUT2D eigenvalue weighted by molar-refractivity contribution is 7.99. The Morgan fingerprint density at radius 3 is 2.88 bits per heavy atom. The van der Waals surface area contributed by atoms with Gasteiger partial charge in [-0.1, -0.05) is 11.8 Å². The number of pyridine rings is 1. The van der Waals surface area contributed by atoms with E-state index in [0.717, 1.165) is 4.90 Å². The largest absolute Gasteiger partial charge is 0.383 e. The summed E-state index contributed by atoms with van der Waals surface area (Å²) in [5, 5.41) is 8.99. The maximum absolute atomic E-state index is 11.2. The molecule has 0 bridgehead atoms. The minimum atomic E-state index is -0.304. The van der Waals surface area contributed by atoms with Crippen molar-refractivity contribution in [2.75, 3.05) is 5.73 Å². The Kier molecular flexibility index (Phi) is 3.07. The molecule has 7 heteroatoms. The summed E-state index contributed by atoms with van der Waals surface area (Å²) in [5.74, 6) is 0.165. The molecule has 0 aliphatic carbocycles. The van der Waals surface area contributed by atoms with E-state index in [0.29, 0.717) is 10.9 Å². The van der Waals surface area contributed by atoms with Crippen molar-refractivity contribution in [3.05, 3.63) is 40.4 Å². The minimum Gasteiger partial charge on any atom is -0.383 e.